The fourth-order valence-electron chi connectivity index (χ4n) is 0.602. The molecule has 0 amide bonds. The molecule has 0 aromatic heterocycles. The Morgan fingerprint density at radius 1 is 0.786 bits per heavy atom. The molecular weight excluding hydrogens is 192 g/mol. The molecule has 0 aliphatic heterocycles. The highest BCUT2D eigenvalue weighted by atomic mass is 16.4. The van der Waals surface area contributed by atoms with Crippen LogP contribution >= 0.6 is 0 Å². The lowest BCUT2D eigenvalue weighted by Gasteiger charge is -1.88. The molecule has 0 radical (unpaired) electrons. The van der Waals surface area contributed by atoms with Gasteiger partial charge in [-0.2, -0.15) is 0 Å². The second kappa shape index (κ2) is 5.63. The lowest BCUT2D eigenvalue weighted by molar-refractivity contribution is -0.141. The predicted octanol–water partition coefficient (Wildman–Crippen LogP) is -0.370. The molecule has 0 fully saturated rings. The van der Waals surface area contributed by atoms with Crippen molar-refractivity contribution in [2.75, 3.05) is 0 Å². The third-order valence-electron chi connectivity index (χ3n) is 1.11. The highest BCUT2D eigenvalue weighted by Gasteiger charge is 2.06. The van der Waals surface area contributed by atoms with Gasteiger partial charge < -0.3 is 10.2 Å². The van der Waals surface area contributed by atoms with Crippen LogP contribution in [-0.4, -0.2) is 33.7 Å². The van der Waals surface area contributed by atoms with Gasteiger partial charge in [0.05, 0.1) is 0 Å². The topological polar surface area (TPSA) is 109 Å². The van der Waals surface area contributed by atoms with Crippen molar-refractivity contribution >= 4 is 23.5 Å². The molecular formula is C8H8O6. The van der Waals surface area contributed by atoms with Crippen LogP contribution in [0.2, 0.25) is 0 Å². The van der Waals surface area contributed by atoms with Gasteiger partial charge in [0.2, 0.25) is 0 Å². The summed E-state index contributed by atoms with van der Waals surface area (Å²) in [5.74, 6) is -4.11. The summed E-state index contributed by atoms with van der Waals surface area (Å²) < 4.78 is 0. The number of allylic oxidation sites excluding steroid dienone is 2. The molecule has 0 aromatic carbocycles. The summed E-state index contributed by atoms with van der Waals surface area (Å²) in [7, 11) is 0. The van der Waals surface area contributed by atoms with Gasteiger partial charge in [0.15, 0.2) is 11.6 Å². The van der Waals surface area contributed by atoms with Crippen LogP contribution in [0.15, 0.2) is 12.2 Å². The molecule has 14 heavy (non-hydrogen) atoms. The number of hydrogen-bond acceptors (Lipinski definition) is 4. The van der Waals surface area contributed by atoms with Crippen molar-refractivity contribution in [3.63, 3.8) is 0 Å². The third-order valence-corrected chi connectivity index (χ3v) is 1.11. The summed E-state index contributed by atoms with van der Waals surface area (Å²) in [5, 5.41) is 16.3. The number of carboxylic acid groups (broad SMARTS) is 2. The van der Waals surface area contributed by atoms with Crippen molar-refractivity contribution in [3.05, 3.63) is 12.2 Å². The van der Waals surface area contributed by atoms with E-state index in [0.717, 1.165) is 12.2 Å². The van der Waals surface area contributed by atoms with Gasteiger partial charge in [-0.15, -0.1) is 0 Å². The van der Waals surface area contributed by atoms with E-state index < -0.39 is 36.3 Å². The standard InChI is InChI=1S/C8H8O6/c9-5(3-7(11)12)1-2-6(10)4-8(13)14/h1-2H,3-4H2,(H,11,12)(H,13,14)/b2-1-. The smallest absolute Gasteiger partial charge is 0.311 e. The zero-order chi connectivity index (χ0) is 11.1. The highest BCUT2D eigenvalue weighted by Crippen LogP contribution is 1.90. The second-order valence-electron chi connectivity index (χ2n) is 2.41. The molecule has 0 saturated carbocycles. The molecule has 0 saturated heterocycles. The molecule has 0 aliphatic rings. The highest BCUT2D eigenvalue weighted by molar-refractivity contribution is 6.07. The first-order valence-corrected chi connectivity index (χ1v) is 3.59. The Hall–Kier alpha value is -1.98. The first-order valence-electron chi connectivity index (χ1n) is 3.59. The average molecular weight is 200 g/mol. The van der Waals surface area contributed by atoms with Gasteiger partial charge in [0.25, 0.3) is 0 Å². The molecule has 0 spiro atoms. The number of carbonyl (C=O) groups is 4. The Balaban J connectivity index is 4.04. The SMILES string of the molecule is O=C(O)CC(=O)/C=C\C(=O)CC(=O)O. The maximum atomic E-state index is 10.7. The van der Waals surface area contributed by atoms with Crippen LogP contribution in [0.1, 0.15) is 12.8 Å². The minimum atomic E-state index is -1.30. The van der Waals surface area contributed by atoms with E-state index in [1.54, 1.807) is 0 Å². The number of aliphatic carboxylic acids is 2. The van der Waals surface area contributed by atoms with Crippen LogP contribution in [0.4, 0.5) is 0 Å². The van der Waals surface area contributed by atoms with Crippen LogP contribution in [-0.2, 0) is 19.2 Å². The van der Waals surface area contributed by atoms with E-state index in [0.29, 0.717) is 0 Å². The normalized spacial score (nSPS) is 10.0. The Labute approximate surface area is 78.8 Å². The number of rotatable bonds is 6. The van der Waals surface area contributed by atoms with Gasteiger partial charge in [-0.25, -0.2) is 0 Å². The molecule has 0 rings (SSSR count). The van der Waals surface area contributed by atoms with Crippen molar-refractivity contribution < 1.29 is 29.4 Å². The second-order valence-corrected chi connectivity index (χ2v) is 2.41. The average Bonchev–Trinajstić information content (AvgIpc) is 1.98. The summed E-state index contributed by atoms with van der Waals surface area (Å²) in [6.07, 6.45) is 0.104. The Morgan fingerprint density at radius 3 is 1.29 bits per heavy atom. The Bertz CT molecular complexity index is 271. The monoisotopic (exact) mass is 200 g/mol. The first-order chi connectivity index (χ1) is 6.41. The number of hydrogen-bond donors (Lipinski definition) is 2. The largest absolute Gasteiger partial charge is 0.481 e. The van der Waals surface area contributed by atoms with Gasteiger partial charge in [0, 0.05) is 0 Å². The molecule has 0 atom stereocenters. The van der Waals surface area contributed by atoms with E-state index >= 15 is 0 Å². The van der Waals surface area contributed by atoms with E-state index in [1.165, 1.54) is 0 Å². The van der Waals surface area contributed by atoms with Gasteiger partial charge in [0.1, 0.15) is 12.8 Å². The molecule has 0 bridgehead atoms. The first kappa shape index (κ1) is 12.0. The molecule has 0 heterocycles. The Morgan fingerprint density at radius 2 is 1.07 bits per heavy atom. The molecule has 0 aromatic rings. The fraction of sp³-hybridized carbons (Fsp3) is 0.250. The summed E-state index contributed by atoms with van der Waals surface area (Å²) in [6.45, 7) is 0. The molecule has 6 nitrogen and oxygen atoms in total. The summed E-state index contributed by atoms with van der Waals surface area (Å²) in [4.78, 5) is 41.3. The maximum absolute atomic E-state index is 10.7. The maximum Gasteiger partial charge on any atom is 0.311 e. The van der Waals surface area contributed by atoms with Crippen molar-refractivity contribution in [2.24, 2.45) is 0 Å². The summed E-state index contributed by atoms with van der Waals surface area (Å²) >= 11 is 0. The quantitative estimate of drug-likeness (QED) is 0.447. The molecule has 0 aliphatic carbocycles. The van der Waals surface area contributed by atoms with Crippen molar-refractivity contribution in [1.29, 1.82) is 0 Å². The molecule has 76 valence electrons. The zero-order valence-electron chi connectivity index (χ0n) is 7.10. The van der Waals surface area contributed by atoms with Gasteiger partial charge >= 0.3 is 11.9 Å². The minimum absolute atomic E-state index is 0.711. The van der Waals surface area contributed by atoms with E-state index in [-0.39, 0.29) is 0 Å². The summed E-state index contributed by atoms with van der Waals surface area (Å²) in [5.41, 5.74) is 0. The minimum Gasteiger partial charge on any atom is -0.481 e. The Kier molecular flexibility index (Phi) is 4.83. The zero-order valence-corrected chi connectivity index (χ0v) is 7.10. The third kappa shape index (κ3) is 6.71. The van der Waals surface area contributed by atoms with E-state index in [4.69, 9.17) is 10.2 Å². The van der Waals surface area contributed by atoms with Crippen LogP contribution in [0.3, 0.4) is 0 Å². The van der Waals surface area contributed by atoms with Crippen molar-refractivity contribution in [3.8, 4) is 0 Å². The lowest BCUT2D eigenvalue weighted by Crippen LogP contribution is -2.06. The van der Waals surface area contributed by atoms with Gasteiger partial charge in [-0.1, -0.05) is 0 Å². The molecule has 0 unspecified atom stereocenters. The van der Waals surface area contributed by atoms with Gasteiger partial charge in [-0.3, -0.25) is 19.2 Å². The van der Waals surface area contributed by atoms with Crippen LogP contribution < -0.4 is 0 Å². The fourth-order valence-corrected chi connectivity index (χ4v) is 0.602. The van der Waals surface area contributed by atoms with E-state index in [2.05, 4.69) is 0 Å². The number of ketones is 2. The van der Waals surface area contributed by atoms with Crippen LogP contribution in [0.5, 0.6) is 0 Å². The summed E-state index contributed by atoms with van der Waals surface area (Å²) in [6, 6.07) is 0. The van der Waals surface area contributed by atoms with Gasteiger partial charge in [-0.05, 0) is 12.2 Å². The van der Waals surface area contributed by atoms with Crippen LogP contribution in [0.25, 0.3) is 0 Å². The lowest BCUT2D eigenvalue weighted by atomic mass is 10.2. The van der Waals surface area contributed by atoms with Crippen molar-refractivity contribution in [1.82, 2.24) is 0 Å². The molecule has 6 heteroatoms. The van der Waals surface area contributed by atoms with Crippen molar-refractivity contribution in [2.45, 2.75) is 12.8 Å². The molecule has 2 N–H and O–H groups in total. The van der Waals surface area contributed by atoms with E-state index in [9.17, 15) is 19.2 Å². The number of carbonyl (C=O) groups excluding carboxylic acids is 2. The number of carboxylic acids is 2. The predicted molar refractivity (Wildman–Crippen MR) is 43.7 cm³/mol. The van der Waals surface area contributed by atoms with E-state index in [1.807, 2.05) is 0 Å². The van der Waals surface area contributed by atoms with Crippen LogP contribution in [0, 0.1) is 0 Å².